The number of hydrogen-bond acceptors (Lipinski definition) is 5. The van der Waals surface area contributed by atoms with Crippen LogP contribution in [0.1, 0.15) is 12.8 Å². The van der Waals surface area contributed by atoms with Gasteiger partial charge in [0.2, 0.25) is 5.95 Å². The van der Waals surface area contributed by atoms with Gasteiger partial charge in [-0.1, -0.05) is 0 Å². The predicted octanol–water partition coefficient (Wildman–Crippen LogP) is 1.95. The first-order chi connectivity index (χ1) is 9.92. The van der Waals surface area contributed by atoms with Gasteiger partial charge in [-0.15, -0.1) is 0 Å². The zero-order valence-electron chi connectivity index (χ0n) is 11.4. The summed E-state index contributed by atoms with van der Waals surface area (Å²) in [5.74, 6) is 1.38. The monoisotopic (exact) mass is 269 g/mol. The van der Waals surface area contributed by atoms with Crippen LogP contribution in [0.15, 0.2) is 36.9 Å². The summed E-state index contributed by atoms with van der Waals surface area (Å²) in [7, 11) is 0. The van der Waals surface area contributed by atoms with Gasteiger partial charge >= 0.3 is 0 Å². The molecule has 3 heterocycles. The van der Waals surface area contributed by atoms with E-state index in [2.05, 4.69) is 25.6 Å². The number of nitrogens with one attached hydrogen (secondary N) is 2. The van der Waals surface area contributed by atoms with E-state index in [1.165, 1.54) is 12.8 Å². The van der Waals surface area contributed by atoms with Gasteiger partial charge in [-0.05, 0) is 49.5 Å². The van der Waals surface area contributed by atoms with Crippen LogP contribution in [0.25, 0.3) is 11.1 Å². The maximum atomic E-state index is 4.38. The van der Waals surface area contributed by atoms with Crippen molar-refractivity contribution in [3.8, 4) is 11.1 Å². The van der Waals surface area contributed by atoms with E-state index in [9.17, 15) is 0 Å². The molecule has 1 aliphatic heterocycles. The number of rotatable bonds is 4. The third kappa shape index (κ3) is 3.30. The Hall–Kier alpha value is -2.01. The second-order valence-electron chi connectivity index (χ2n) is 5.12. The van der Waals surface area contributed by atoms with Crippen LogP contribution in [0.2, 0.25) is 0 Å². The summed E-state index contributed by atoms with van der Waals surface area (Å²) >= 11 is 0. The van der Waals surface area contributed by atoms with Crippen molar-refractivity contribution in [3.05, 3.63) is 36.9 Å². The van der Waals surface area contributed by atoms with Crippen molar-refractivity contribution in [2.45, 2.75) is 12.8 Å². The Labute approximate surface area is 118 Å². The smallest absolute Gasteiger partial charge is 0.222 e. The molecule has 2 aromatic heterocycles. The lowest BCUT2D eigenvalue weighted by molar-refractivity contribution is 0.392. The molecule has 3 rings (SSSR count). The SMILES string of the molecule is c1cc(-c2cnc(NCC3CCCNC3)nc2)ccn1. The van der Waals surface area contributed by atoms with Crippen LogP contribution in [0, 0.1) is 5.92 Å². The molecular formula is C15H19N5. The van der Waals surface area contributed by atoms with Gasteiger partial charge in [0.05, 0.1) is 0 Å². The number of anilines is 1. The molecule has 104 valence electrons. The average Bonchev–Trinajstić information content (AvgIpc) is 2.55. The predicted molar refractivity (Wildman–Crippen MR) is 79.3 cm³/mol. The van der Waals surface area contributed by atoms with Gasteiger partial charge in [-0.2, -0.15) is 0 Å². The highest BCUT2D eigenvalue weighted by molar-refractivity contribution is 5.61. The van der Waals surface area contributed by atoms with Gasteiger partial charge in [0, 0.05) is 36.9 Å². The highest BCUT2D eigenvalue weighted by Crippen LogP contribution is 2.17. The van der Waals surface area contributed by atoms with E-state index in [-0.39, 0.29) is 0 Å². The minimum atomic E-state index is 0.673. The normalized spacial score (nSPS) is 18.7. The second kappa shape index (κ2) is 6.43. The van der Waals surface area contributed by atoms with Crippen molar-refractivity contribution in [2.24, 2.45) is 5.92 Å². The number of hydrogen-bond donors (Lipinski definition) is 2. The van der Waals surface area contributed by atoms with Crippen molar-refractivity contribution < 1.29 is 0 Å². The first-order valence-electron chi connectivity index (χ1n) is 7.09. The lowest BCUT2D eigenvalue weighted by Gasteiger charge is -2.22. The molecule has 0 aromatic carbocycles. The molecule has 1 unspecified atom stereocenters. The summed E-state index contributed by atoms with van der Waals surface area (Å²) in [6.07, 6.45) is 9.78. The fraction of sp³-hybridized carbons (Fsp3) is 0.400. The van der Waals surface area contributed by atoms with Crippen LogP contribution in [0.3, 0.4) is 0 Å². The third-order valence-electron chi connectivity index (χ3n) is 3.61. The lowest BCUT2D eigenvalue weighted by atomic mass is 10.00. The van der Waals surface area contributed by atoms with Crippen molar-refractivity contribution in [3.63, 3.8) is 0 Å². The zero-order chi connectivity index (χ0) is 13.6. The van der Waals surface area contributed by atoms with Crippen LogP contribution in [0.5, 0.6) is 0 Å². The maximum Gasteiger partial charge on any atom is 0.222 e. The van der Waals surface area contributed by atoms with Gasteiger partial charge in [-0.3, -0.25) is 4.98 Å². The highest BCUT2D eigenvalue weighted by atomic mass is 15.1. The van der Waals surface area contributed by atoms with Crippen molar-refractivity contribution >= 4 is 5.95 Å². The molecule has 2 N–H and O–H groups in total. The molecule has 0 spiro atoms. The van der Waals surface area contributed by atoms with E-state index >= 15 is 0 Å². The topological polar surface area (TPSA) is 62.7 Å². The van der Waals surface area contributed by atoms with Crippen molar-refractivity contribution in [2.75, 3.05) is 25.0 Å². The Kier molecular flexibility index (Phi) is 4.18. The Balaban J connectivity index is 1.58. The van der Waals surface area contributed by atoms with Crippen LogP contribution in [0.4, 0.5) is 5.95 Å². The first kappa shape index (κ1) is 13.0. The number of pyridine rings is 1. The summed E-state index contributed by atoms with van der Waals surface area (Å²) in [5.41, 5.74) is 2.10. The molecule has 0 radical (unpaired) electrons. The molecule has 0 bridgehead atoms. The molecule has 1 atom stereocenters. The molecule has 5 heteroatoms. The van der Waals surface area contributed by atoms with E-state index in [1.807, 2.05) is 24.5 Å². The number of piperidine rings is 1. The summed E-state index contributed by atoms with van der Waals surface area (Å²) in [6, 6.07) is 3.92. The van der Waals surface area contributed by atoms with Crippen molar-refractivity contribution in [1.29, 1.82) is 0 Å². The fourth-order valence-electron chi connectivity index (χ4n) is 2.45. The van der Waals surface area contributed by atoms with Crippen LogP contribution >= 0.6 is 0 Å². The molecule has 1 aliphatic rings. The third-order valence-corrected chi connectivity index (χ3v) is 3.61. The fourth-order valence-corrected chi connectivity index (χ4v) is 2.45. The summed E-state index contributed by atoms with van der Waals surface area (Å²) < 4.78 is 0. The molecule has 5 nitrogen and oxygen atoms in total. The van der Waals surface area contributed by atoms with E-state index in [0.717, 1.165) is 30.8 Å². The maximum absolute atomic E-state index is 4.38. The van der Waals surface area contributed by atoms with E-state index in [1.54, 1.807) is 12.4 Å². The minimum Gasteiger partial charge on any atom is -0.354 e. The molecule has 0 amide bonds. The quantitative estimate of drug-likeness (QED) is 0.888. The largest absolute Gasteiger partial charge is 0.354 e. The Morgan fingerprint density at radius 1 is 1.15 bits per heavy atom. The first-order valence-corrected chi connectivity index (χ1v) is 7.09. The van der Waals surface area contributed by atoms with Gasteiger partial charge < -0.3 is 10.6 Å². The zero-order valence-corrected chi connectivity index (χ0v) is 11.4. The standard InChI is InChI=1S/C15H19N5/c1-2-12(8-17-5-1)9-18-15-19-10-14(11-20-15)13-3-6-16-7-4-13/h3-4,6-7,10-12,17H,1-2,5,8-9H2,(H,18,19,20). The highest BCUT2D eigenvalue weighted by Gasteiger charge is 2.12. The van der Waals surface area contributed by atoms with E-state index in [0.29, 0.717) is 11.9 Å². The molecule has 1 saturated heterocycles. The molecular weight excluding hydrogens is 250 g/mol. The molecule has 20 heavy (non-hydrogen) atoms. The van der Waals surface area contributed by atoms with Crippen molar-refractivity contribution in [1.82, 2.24) is 20.3 Å². The average molecular weight is 269 g/mol. The summed E-state index contributed by atoms with van der Waals surface area (Å²) in [5, 5.41) is 6.73. The number of aromatic nitrogens is 3. The number of nitrogens with zero attached hydrogens (tertiary/aromatic N) is 3. The summed E-state index contributed by atoms with van der Waals surface area (Å²) in [6.45, 7) is 3.16. The van der Waals surface area contributed by atoms with E-state index < -0.39 is 0 Å². The van der Waals surface area contributed by atoms with Gasteiger partial charge in [0.1, 0.15) is 0 Å². The van der Waals surface area contributed by atoms with Gasteiger partial charge in [0.15, 0.2) is 0 Å². The van der Waals surface area contributed by atoms with Crippen LogP contribution < -0.4 is 10.6 Å². The Morgan fingerprint density at radius 2 is 1.95 bits per heavy atom. The molecule has 2 aromatic rings. The molecule has 0 saturated carbocycles. The van der Waals surface area contributed by atoms with Gasteiger partial charge in [0.25, 0.3) is 0 Å². The Morgan fingerprint density at radius 3 is 2.65 bits per heavy atom. The van der Waals surface area contributed by atoms with Crippen LogP contribution in [-0.4, -0.2) is 34.6 Å². The second-order valence-corrected chi connectivity index (χ2v) is 5.12. The lowest BCUT2D eigenvalue weighted by Crippen LogP contribution is -2.33. The minimum absolute atomic E-state index is 0.673. The molecule has 0 aliphatic carbocycles. The van der Waals surface area contributed by atoms with Gasteiger partial charge in [-0.25, -0.2) is 9.97 Å². The van der Waals surface area contributed by atoms with Crippen LogP contribution in [-0.2, 0) is 0 Å². The summed E-state index contributed by atoms with van der Waals surface area (Å²) in [4.78, 5) is 12.8. The Bertz CT molecular complexity index is 520. The molecule has 1 fully saturated rings. The van der Waals surface area contributed by atoms with E-state index in [4.69, 9.17) is 0 Å².